The Hall–Kier alpha value is -1.06. The van der Waals surface area contributed by atoms with E-state index < -0.39 is 11.5 Å². The molecule has 1 aromatic rings. The highest BCUT2D eigenvalue weighted by Crippen LogP contribution is 2.36. The summed E-state index contributed by atoms with van der Waals surface area (Å²) in [6.45, 7) is 5.81. The Balaban J connectivity index is 3.12. The third-order valence-corrected chi connectivity index (χ3v) is 3.69. The lowest BCUT2D eigenvalue weighted by molar-refractivity contribution is -0.160. The highest BCUT2D eigenvalue weighted by atomic mass is 35.5. The average Bonchev–Trinajstić information content (AvgIpc) is 2.40. The van der Waals surface area contributed by atoms with Crippen molar-refractivity contribution in [3.05, 3.63) is 34.9 Å². The van der Waals surface area contributed by atoms with Crippen LogP contribution in [-0.2, 0) is 15.1 Å². The Morgan fingerprint density at radius 1 is 1.32 bits per heavy atom. The van der Waals surface area contributed by atoms with Crippen LogP contribution in [-0.4, -0.2) is 17.7 Å². The number of benzene rings is 1. The van der Waals surface area contributed by atoms with Crippen LogP contribution in [0.15, 0.2) is 24.3 Å². The van der Waals surface area contributed by atoms with E-state index >= 15 is 0 Å². The molecule has 4 heteroatoms. The SMILES string of the molecule is CCOC(=O)C(CC)C(O)(CC)c1ccc(Cl)cc1. The van der Waals surface area contributed by atoms with Crippen molar-refractivity contribution in [1.29, 1.82) is 0 Å². The first-order chi connectivity index (χ1) is 8.99. The molecule has 1 N–H and O–H groups in total. The zero-order valence-electron chi connectivity index (χ0n) is 11.6. The maximum atomic E-state index is 12.0. The number of ether oxygens (including phenoxy) is 1. The van der Waals surface area contributed by atoms with Crippen molar-refractivity contribution < 1.29 is 14.6 Å². The Bertz CT molecular complexity index is 416. The molecule has 0 saturated carbocycles. The van der Waals surface area contributed by atoms with Crippen LogP contribution in [0.5, 0.6) is 0 Å². The summed E-state index contributed by atoms with van der Waals surface area (Å²) in [5.41, 5.74) is -0.523. The quantitative estimate of drug-likeness (QED) is 0.813. The van der Waals surface area contributed by atoms with Gasteiger partial charge in [0.15, 0.2) is 0 Å². The molecule has 0 aliphatic carbocycles. The van der Waals surface area contributed by atoms with Crippen LogP contribution in [0.3, 0.4) is 0 Å². The average molecular weight is 285 g/mol. The van der Waals surface area contributed by atoms with Gasteiger partial charge in [0.05, 0.1) is 12.5 Å². The van der Waals surface area contributed by atoms with Gasteiger partial charge in [-0.3, -0.25) is 4.79 Å². The van der Waals surface area contributed by atoms with Crippen molar-refractivity contribution in [3.63, 3.8) is 0 Å². The van der Waals surface area contributed by atoms with Gasteiger partial charge in [-0.15, -0.1) is 0 Å². The molecule has 0 bridgehead atoms. The molecule has 0 aliphatic rings. The van der Waals surface area contributed by atoms with E-state index in [-0.39, 0.29) is 5.97 Å². The van der Waals surface area contributed by atoms with E-state index in [4.69, 9.17) is 16.3 Å². The Labute approximate surface area is 119 Å². The topological polar surface area (TPSA) is 46.5 Å². The van der Waals surface area contributed by atoms with E-state index in [2.05, 4.69) is 0 Å². The normalized spacial score (nSPS) is 15.6. The van der Waals surface area contributed by atoms with Crippen LogP contribution in [0.1, 0.15) is 39.2 Å². The zero-order valence-corrected chi connectivity index (χ0v) is 12.4. The summed E-state index contributed by atoms with van der Waals surface area (Å²) in [6.07, 6.45) is 0.956. The zero-order chi connectivity index (χ0) is 14.5. The van der Waals surface area contributed by atoms with Crippen LogP contribution in [0.4, 0.5) is 0 Å². The van der Waals surface area contributed by atoms with Gasteiger partial charge in [-0.2, -0.15) is 0 Å². The van der Waals surface area contributed by atoms with Gasteiger partial charge in [0.2, 0.25) is 0 Å². The highest BCUT2D eigenvalue weighted by molar-refractivity contribution is 6.30. The molecule has 2 unspecified atom stereocenters. The number of halogens is 1. The minimum atomic E-state index is -1.22. The molecule has 106 valence electrons. The molecule has 0 radical (unpaired) electrons. The fourth-order valence-corrected chi connectivity index (χ4v) is 2.46. The molecule has 1 aromatic carbocycles. The standard InChI is InChI=1S/C15H21ClO3/c1-4-13(14(17)19-6-3)15(18,5-2)11-7-9-12(16)10-8-11/h7-10,13,18H,4-6H2,1-3H3. The molecular formula is C15H21ClO3. The first-order valence-corrected chi connectivity index (χ1v) is 7.02. The van der Waals surface area contributed by atoms with Gasteiger partial charge < -0.3 is 9.84 Å². The first-order valence-electron chi connectivity index (χ1n) is 6.64. The summed E-state index contributed by atoms with van der Waals surface area (Å²) in [5, 5.41) is 11.5. The monoisotopic (exact) mass is 284 g/mol. The fourth-order valence-electron chi connectivity index (χ4n) is 2.33. The lowest BCUT2D eigenvalue weighted by Gasteiger charge is -2.34. The summed E-state index contributed by atoms with van der Waals surface area (Å²) >= 11 is 5.86. The molecular weight excluding hydrogens is 264 g/mol. The van der Waals surface area contributed by atoms with E-state index in [1.807, 2.05) is 13.8 Å². The van der Waals surface area contributed by atoms with Gasteiger partial charge in [-0.1, -0.05) is 37.6 Å². The molecule has 0 saturated heterocycles. The number of esters is 1. The number of rotatable bonds is 6. The van der Waals surface area contributed by atoms with Gasteiger partial charge in [0.25, 0.3) is 0 Å². The van der Waals surface area contributed by atoms with Crippen LogP contribution in [0.2, 0.25) is 5.02 Å². The predicted molar refractivity (Wildman–Crippen MR) is 76.1 cm³/mol. The Kier molecular flexibility index (Phi) is 5.83. The molecule has 0 amide bonds. The second-order valence-electron chi connectivity index (χ2n) is 4.50. The second-order valence-corrected chi connectivity index (χ2v) is 4.93. The van der Waals surface area contributed by atoms with E-state index in [0.29, 0.717) is 30.0 Å². The van der Waals surface area contributed by atoms with Crippen molar-refractivity contribution in [3.8, 4) is 0 Å². The van der Waals surface area contributed by atoms with Crippen molar-refractivity contribution in [1.82, 2.24) is 0 Å². The molecule has 0 aromatic heterocycles. The van der Waals surface area contributed by atoms with Crippen molar-refractivity contribution >= 4 is 17.6 Å². The summed E-state index contributed by atoms with van der Waals surface area (Å²) in [5.74, 6) is -0.928. The van der Waals surface area contributed by atoms with Crippen LogP contribution >= 0.6 is 11.6 Å². The minimum absolute atomic E-state index is 0.315. The molecule has 19 heavy (non-hydrogen) atoms. The minimum Gasteiger partial charge on any atom is -0.466 e. The summed E-state index contributed by atoms with van der Waals surface area (Å²) in [6, 6.07) is 6.95. The molecule has 0 aliphatic heterocycles. The fraction of sp³-hybridized carbons (Fsp3) is 0.533. The van der Waals surface area contributed by atoms with Crippen molar-refractivity contribution in [2.24, 2.45) is 5.92 Å². The maximum absolute atomic E-state index is 12.0. The molecule has 0 fully saturated rings. The van der Waals surface area contributed by atoms with E-state index in [1.54, 1.807) is 31.2 Å². The highest BCUT2D eigenvalue weighted by Gasteiger charge is 2.41. The Morgan fingerprint density at radius 3 is 2.32 bits per heavy atom. The largest absolute Gasteiger partial charge is 0.466 e. The summed E-state index contributed by atoms with van der Waals surface area (Å²) in [4.78, 5) is 12.0. The van der Waals surface area contributed by atoms with E-state index in [9.17, 15) is 9.90 Å². The van der Waals surface area contributed by atoms with Gasteiger partial charge in [0, 0.05) is 5.02 Å². The van der Waals surface area contributed by atoms with Crippen molar-refractivity contribution in [2.75, 3.05) is 6.61 Å². The summed E-state index contributed by atoms with van der Waals surface area (Å²) in [7, 11) is 0. The smallest absolute Gasteiger partial charge is 0.312 e. The Morgan fingerprint density at radius 2 is 1.89 bits per heavy atom. The molecule has 3 nitrogen and oxygen atoms in total. The van der Waals surface area contributed by atoms with Crippen molar-refractivity contribution in [2.45, 2.75) is 39.2 Å². The summed E-state index contributed by atoms with van der Waals surface area (Å²) < 4.78 is 5.06. The molecule has 0 spiro atoms. The molecule has 0 heterocycles. The first kappa shape index (κ1) is 16.0. The van der Waals surface area contributed by atoms with Gasteiger partial charge in [-0.25, -0.2) is 0 Å². The molecule has 2 atom stereocenters. The van der Waals surface area contributed by atoms with Crippen LogP contribution < -0.4 is 0 Å². The number of aliphatic hydroxyl groups is 1. The van der Waals surface area contributed by atoms with Crippen LogP contribution in [0.25, 0.3) is 0 Å². The maximum Gasteiger partial charge on any atom is 0.312 e. The van der Waals surface area contributed by atoms with Gasteiger partial charge in [-0.05, 0) is 37.5 Å². The lowest BCUT2D eigenvalue weighted by Crippen LogP contribution is -2.40. The molecule has 1 rings (SSSR count). The van der Waals surface area contributed by atoms with Gasteiger partial charge in [0.1, 0.15) is 5.60 Å². The van der Waals surface area contributed by atoms with E-state index in [1.165, 1.54) is 0 Å². The number of hydrogen-bond acceptors (Lipinski definition) is 3. The van der Waals surface area contributed by atoms with E-state index in [0.717, 1.165) is 0 Å². The third-order valence-electron chi connectivity index (χ3n) is 3.44. The van der Waals surface area contributed by atoms with Gasteiger partial charge >= 0.3 is 5.97 Å². The number of hydrogen-bond donors (Lipinski definition) is 1. The lowest BCUT2D eigenvalue weighted by atomic mass is 9.78. The predicted octanol–water partition coefficient (Wildman–Crippen LogP) is 3.53. The second kappa shape index (κ2) is 6.92. The van der Waals surface area contributed by atoms with Crippen LogP contribution in [0, 0.1) is 5.92 Å². The third kappa shape index (κ3) is 3.48. The number of carbonyl (C=O) groups excluding carboxylic acids is 1. The number of carbonyl (C=O) groups is 1.